The summed E-state index contributed by atoms with van der Waals surface area (Å²) in [6, 6.07) is 10.7. The van der Waals surface area contributed by atoms with Gasteiger partial charge in [0.05, 0.1) is 12.1 Å². The smallest absolute Gasteiger partial charge is 0.338 e. The van der Waals surface area contributed by atoms with Crippen molar-refractivity contribution in [3.63, 3.8) is 0 Å². The van der Waals surface area contributed by atoms with Crippen LogP contribution >= 0.6 is 27.3 Å². The van der Waals surface area contributed by atoms with Crippen molar-refractivity contribution in [1.29, 1.82) is 0 Å². The summed E-state index contributed by atoms with van der Waals surface area (Å²) in [7, 11) is 0. The molecule has 0 bridgehead atoms. The van der Waals surface area contributed by atoms with Crippen molar-refractivity contribution in [3.8, 4) is 0 Å². The second kappa shape index (κ2) is 7.21. The lowest BCUT2D eigenvalue weighted by atomic mass is 10.2. The molecule has 0 unspecified atom stereocenters. The first-order valence-corrected chi connectivity index (χ1v) is 7.54. The summed E-state index contributed by atoms with van der Waals surface area (Å²) in [6.45, 7) is 0.168. The monoisotopic (exact) mass is 353 g/mol. The number of halogens is 1. The molecule has 0 aliphatic carbocycles. The van der Waals surface area contributed by atoms with Gasteiger partial charge in [-0.2, -0.15) is 0 Å². The maximum Gasteiger partial charge on any atom is 0.338 e. The second-order valence-electron chi connectivity index (χ2n) is 3.94. The molecule has 0 aliphatic rings. The molecule has 0 spiro atoms. The molecule has 0 aliphatic heterocycles. The SMILES string of the molecule is O=C(COC(=O)c1cccc(Br)c1)NCc1cccs1. The summed E-state index contributed by atoms with van der Waals surface area (Å²) in [5.41, 5.74) is 0.408. The van der Waals surface area contributed by atoms with Crippen LogP contribution in [0, 0.1) is 0 Å². The van der Waals surface area contributed by atoms with Gasteiger partial charge in [-0.15, -0.1) is 11.3 Å². The van der Waals surface area contributed by atoms with E-state index in [-0.39, 0.29) is 12.5 Å². The van der Waals surface area contributed by atoms with E-state index in [0.29, 0.717) is 12.1 Å². The van der Waals surface area contributed by atoms with Crippen LogP contribution in [0.2, 0.25) is 0 Å². The van der Waals surface area contributed by atoms with Crippen LogP contribution in [-0.2, 0) is 16.1 Å². The average molecular weight is 354 g/mol. The van der Waals surface area contributed by atoms with E-state index < -0.39 is 5.97 Å². The number of nitrogens with one attached hydrogen (secondary N) is 1. The molecule has 0 radical (unpaired) electrons. The fourth-order valence-corrected chi connectivity index (χ4v) is 2.52. The number of esters is 1. The van der Waals surface area contributed by atoms with Gasteiger partial charge in [0.15, 0.2) is 6.61 Å². The Morgan fingerprint density at radius 1 is 1.25 bits per heavy atom. The fraction of sp³-hybridized carbons (Fsp3) is 0.143. The number of hydrogen-bond donors (Lipinski definition) is 1. The van der Waals surface area contributed by atoms with Crippen LogP contribution in [0.5, 0.6) is 0 Å². The van der Waals surface area contributed by atoms with Crippen molar-refractivity contribution >= 4 is 39.1 Å². The predicted octanol–water partition coefficient (Wildman–Crippen LogP) is 2.98. The third-order valence-electron chi connectivity index (χ3n) is 2.43. The van der Waals surface area contributed by atoms with E-state index in [1.807, 2.05) is 23.6 Å². The molecule has 0 fully saturated rings. The van der Waals surface area contributed by atoms with E-state index in [2.05, 4.69) is 21.2 Å². The molecule has 0 atom stereocenters. The fourth-order valence-electron chi connectivity index (χ4n) is 1.48. The summed E-state index contributed by atoms with van der Waals surface area (Å²) in [5, 5.41) is 4.63. The Balaban J connectivity index is 1.77. The molecule has 1 N–H and O–H groups in total. The lowest BCUT2D eigenvalue weighted by molar-refractivity contribution is -0.124. The largest absolute Gasteiger partial charge is 0.452 e. The van der Waals surface area contributed by atoms with Crippen LogP contribution in [0.1, 0.15) is 15.2 Å². The third kappa shape index (κ3) is 4.47. The van der Waals surface area contributed by atoms with Gasteiger partial charge in [-0.25, -0.2) is 4.79 Å². The number of benzene rings is 1. The molecular weight excluding hydrogens is 342 g/mol. The predicted molar refractivity (Wildman–Crippen MR) is 80.6 cm³/mol. The number of ether oxygens (including phenoxy) is 1. The quantitative estimate of drug-likeness (QED) is 0.840. The highest BCUT2D eigenvalue weighted by molar-refractivity contribution is 9.10. The van der Waals surface area contributed by atoms with Crippen molar-refractivity contribution in [3.05, 3.63) is 56.7 Å². The second-order valence-corrected chi connectivity index (χ2v) is 5.89. The lowest BCUT2D eigenvalue weighted by Crippen LogP contribution is -2.28. The molecular formula is C14H12BrNO3S. The Morgan fingerprint density at radius 2 is 2.10 bits per heavy atom. The van der Waals surface area contributed by atoms with Gasteiger partial charge in [0.1, 0.15) is 0 Å². The lowest BCUT2D eigenvalue weighted by Gasteiger charge is -2.06. The Labute approximate surface area is 128 Å². The molecule has 6 heteroatoms. The zero-order chi connectivity index (χ0) is 14.4. The van der Waals surface area contributed by atoms with Gasteiger partial charge in [-0.3, -0.25) is 4.79 Å². The van der Waals surface area contributed by atoms with Crippen molar-refractivity contribution < 1.29 is 14.3 Å². The standard InChI is InChI=1S/C14H12BrNO3S/c15-11-4-1-3-10(7-11)14(18)19-9-13(17)16-8-12-5-2-6-20-12/h1-7H,8-9H2,(H,16,17). The van der Waals surface area contributed by atoms with Crippen molar-refractivity contribution in [2.75, 3.05) is 6.61 Å². The average Bonchev–Trinajstić information content (AvgIpc) is 2.95. The van der Waals surface area contributed by atoms with Gasteiger partial charge in [0.25, 0.3) is 5.91 Å². The Bertz CT molecular complexity index is 598. The molecule has 1 heterocycles. The number of hydrogen-bond acceptors (Lipinski definition) is 4. The molecule has 104 valence electrons. The van der Waals surface area contributed by atoms with Crippen molar-refractivity contribution in [1.82, 2.24) is 5.32 Å². The molecule has 0 saturated heterocycles. The van der Waals surface area contributed by atoms with Crippen molar-refractivity contribution in [2.24, 2.45) is 0 Å². The van der Waals surface area contributed by atoms with E-state index >= 15 is 0 Å². The van der Waals surface area contributed by atoms with Crippen LogP contribution in [0.4, 0.5) is 0 Å². The minimum absolute atomic E-state index is 0.281. The van der Waals surface area contributed by atoms with Crippen LogP contribution in [0.15, 0.2) is 46.3 Å². The summed E-state index contributed by atoms with van der Waals surface area (Å²) in [4.78, 5) is 24.3. The zero-order valence-electron chi connectivity index (χ0n) is 10.5. The van der Waals surface area contributed by atoms with Gasteiger partial charge in [-0.05, 0) is 29.6 Å². The van der Waals surface area contributed by atoms with E-state index in [1.165, 1.54) is 0 Å². The molecule has 1 aromatic heterocycles. The van der Waals surface area contributed by atoms with E-state index in [9.17, 15) is 9.59 Å². The Hall–Kier alpha value is -1.66. The molecule has 20 heavy (non-hydrogen) atoms. The van der Waals surface area contributed by atoms with Crippen molar-refractivity contribution in [2.45, 2.75) is 6.54 Å². The number of amides is 1. The molecule has 2 aromatic rings. The van der Waals surface area contributed by atoms with Gasteiger partial charge in [0.2, 0.25) is 0 Å². The molecule has 0 saturated carbocycles. The molecule has 1 aromatic carbocycles. The number of thiophene rings is 1. The first-order valence-electron chi connectivity index (χ1n) is 5.87. The normalized spacial score (nSPS) is 10.1. The summed E-state index contributed by atoms with van der Waals surface area (Å²) in [5.74, 6) is -0.834. The van der Waals surface area contributed by atoms with Gasteiger partial charge < -0.3 is 10.1 Å². The highest BCUT2D eigenvalue weighted by atomic mass is 79.9. The van der Waals surface area contributed by atoms with Crippen LogP contribution in [0.3, 0.4) is 0 Å². The highest BCUT2D eigenvalue weighted by Gasteiger charge is 2.10. The zero-order valence-corrected chi connectivity index (χ0v) is 12.9. The first-order chi connectivity index (χ1) is 9.65. The third-order valence-corrected chi connectivity index (χ3v) is 3.80. The van der Waals surface area contributed by atoms with Gasteiger partial charge in [-0.1, -0.05) is 28.1 Å². The van der Waals surface area contributed by atoms with E-state index in [4.69, 9.17) is 4.74 Å². The van der Waals surface area contributed by atoms with E-state index in [0.717, 1.165) is 9.35 Å². The first kappa shape index (κ1) is 14.7. The van der Waals surface area contributed by atoms with Crippen LogP contribution < -0.4 is 5.32 Å². The Kier molecular flexibility index (Phi) is 5.31. The minimum Gasteiger partial charge on any atom is -0.452 e. The van der Waals surface area contributed by atoms with Gasteiger partial charge in [0, 0.05) is 9.35 Å². The number of carbonyl (C=O) groups excluding carboxylic acids is 2. The minimum atomic E-state index is -0.516. The highest BCUT2D eigenvalue weighted by Crippen LogP contribution is 2.12. The Morgan fingerprint density at radius 3 is 2.80 bits per heavy atom. The van der Waals surface area contributed by atoms with E-state index in [1.54, 1.807) is 29.5 Å². The van der Waals surface area contributed by atoms with Crippen LogP contribution in [-0.4, -0.2) is 18.5 Å². The summed E-state index contributed by atoms with van der Waals surface area (Å²) >= 11 is 4.83. The maximum atomic E-state index is 11.7. The topological polar surface area (TPSA) is 55.4 Å². The molecule has 1 amide bonds. The summed E-state index contributed by atoms with van der Waals surface area (Å²) < 4.78 is 5.73. The van der Waals surface area contributed by atoms with Gasteiger partial charge >= 0.3 is 5.97 Å². The summed E-state index contributed by atoms with van der Waals surface area (Å²) in [6.07, 6.45) is 0. The molecule has 4 nitrogen and oxygen atoms in total. The molecule has 2 rings (SSSR count). The number of rotatable bonds is 5. The van der Waals surface area contributed by atoms with Crippen LogP contribution in [0.25, 0.3) is 0 Å². The maximum absolute atomic E-state index is 11.7. The number of carbonyl (C=O) groups is 2.